The standard InChI is InChI=1S/C16H14ClF3N6O.2C2H6/c1-7-5-25(6-9-3-22-15(26(7)9)16(18,19)20)14(27)13-23-11-8(2)10(17)4-21-12(11)24-13;2*1-2/h3-4,7H,5-6H2,1-2H3,(H,21,23,24);2*1-2H3. The van der Waals surface area contributed by atoms with Crippen molar-refractivity contribution in [3.63, 3.8) is 0 Å². The Bertz CT molecular complexity index is 1060. The number of hydrogen-bond donors (Lipinski definition) is 1. The van der Waals surface area contributed by atoms with Crippen LogP contribution in [0.25, 0.3) is 11.2 Å². The topological polar surface area (TPSA) is 79.7 Å². The number of H-pyrrole nitrogens is 1. The number of carbonyl (C=O) groups excluding carboxylic acids is 1. The molecule has 0 aliphatic carbocycles. The van der Waals surface area contributed by atoms with Gasteiger partial charge in [0.2, 0.25) is 5.82 Å². The molecule has 0 radical (unpaired) electrons. The van der Waals surface area contributed by atoms with Gasteiger partial charge in [-0.05, 0) is 19.4 Å². The predicted octanol–water partition coefficient (Wildman–Crippen LogP) is 5.40. The number of pyridine rings is 1. The molecule has 0 bridgehead atoms. The fraction of sp³-hybridized carbons (Fsp3) is 0.500. The molecule has 3 aromatic heterocycles. The van der Waals surface area contributed by atoms with Gasteiger partial charge in [0.05, 0.1) is 35.0 Å². The van der Waals surface area contributed by atoms with E-state index in [-0.39, 0.29) is 18.9 Å². The van der Waals surface area contributed by atoms with E-state index in [0.717, 1.165) is 10.8 Å². The number of imidazole rings is 2. The Morgan fingerprint density at radius 2 is 1.84 bits per heavy atom. The van der Waals surface area contributed by atoms with Crippen molar-refractivity contribution >= 4 is 28.7 Å². The number of hydrogen-bond acceptors (Lipinski definition) is 4. The SMILES string of the molecule is CC.CC.Cc1c(Cl)cnc2nc(C(=O)N3Cc4cnc(C(F)(F)F)n4C(C)C3)[nH]c12. The Morgan fingerprint density at radius 3 is 2.45 bits per heavy atom. The lowest BCUT2D eigenvalue weighted by molar-refractivity contribution is -0.148. The van der Waals surface area contributed by atoms with Crippen LogP contribution in [0, 0.1) is 6.92 Å². The van der Waals surface area contributed by atoms with Crippen LogP contribution in [0.5, 0.6) is 0 Å². The molecule has 4 heterocycles. The predicted molar refractivity (Wildman–Crippen MR) is 113 cm³/mol. The number of aromatic nitrogens is 5. The Labute approximate surface area is 183 Å². The Morgan fingerprint density at radius 1 is 1.19 bits per heavy atom. The number of carbonyl (C=O) groups is 1. The van der Waals surface area contributed by atoms with Gasteiger partial charge in [-0.1, -0.05) is 39.3 Å². The van der Waals surface area contributed by atoms with E-state index in [1.54, 1.807) is 13.8 Å². The van der Waals surface area contributed by atoms with Crippen LogP contribution in [0.2, 0.25) is 5.02 Å². The summed E-state index contributed by atoms with van der Waals surface area (Å²) in [6, 6.07) is -0.574. The Balaban J connectivity index is 0.000000807. The molecule has 1 amide bonds. The summed E-state index contributed by atoms with van der Waals surface area (Å²) < 4.78 is 40.4. The maximum Gasteiger partial charge on any atom is 0.449 e. The van der Waals surface area contributed by atoms with E-state index in [2.05, 4.69) is 19.9 Å². The average molecular weight is 459 g/mol. The molecular formula is C20H26ClF3N6O. The van der Waals surface area contributed by atoms with Crippen LogP contribution in [0.1, 0.15) is 68.4 Å². The van der Waals surface area contributed by atoms with Crippen molar-refractivity contribution in [3.05, 3.63) is 40.3 Å². The van der Waals surface area contributed by atoms with Crippen molar-refractivity contribution in [2.75, 3.05) is 6.54 Å². The molecule has 0 saturated heterocycles. The van der Waals surface area contributed by atoms with Gasteiger partial charge in [0.25, 0.3) is 5.91 Å². The van der Waals surface area contributed by atoms with E-state index in [1.165, 1.54) is 11.1 Å². The first-order valence-corrected chi connectivity index (χ1v) is 10.5. The molecule has 11 heteroatoms. The second-order valence-corrected chi connectivity index (χ2v) is 6.90. The summed E-state index contributed by atoms with van der Waals surface area (Å²) in [4.78, 5) is 29.0. The molecule has 4 rings (SSSR count). The zero-order chi connectivity index (χ0) is 23.5. The zero-order valence-corrected chi connectivity index (χ0v) is 19.1. The molecule has 3 aromatic rings. The molecule has 0 saturated carbocycles. The third-order valence-electron chi connectivity index (χ3n) is 4.61. The summed E-state index contributed by atoms with van der Waals surface area (Å²) in [5.74, 6) is -1.30. The van der Waals surface area contributed by atoms with E-state index < -0.39 is 23.9 Å². The van der Waals surface area contributed by atoms with Crippen molar-refractivity contribution in [3.8, 4) is 0 Å². The molecule has 7 nitrogen and oxygen atoms in total. The summed E-state index contributed by atoms with van der Waals surface area (Å²) in [5.41, 5.74) is 1.95. The second-order valence-electron chi connectivity index (χ2n) is 6.49. The van der Waals surface area contributed by atoms with Gasteiger partial charge in [-0.25, -0.2) is 15.0 Å². The van der Waals surface area contributed by atoms with Gasteiger partial charge in [-0.3, -0.25) is 4.79 Å². The molecule has 1 aliphatic heterocycles. The highest BCUT2D eigenvalue weighted by Crippen LogP contribution is 2.34. The monoisotopic (exact) mass is 458 g/mol. The number of nitrogens with zero attached hydrogens (tertiary/aromatic N) is 5. The van der Waals surface area contributed by atoms with Crippen molar-refractivity contribution < 1.29 is 18.0 Å². The van der Waals surface area contributed by atoms with Gasteiger partial charge in [0, 0.05) is 12.7 Å². The van der Waals surface area contributed by atoms with Crippen LogP contribution < -0.4 is 0 Å². The quantitative estimate of drug-likeness (QED) is 0.529. The molecule has 170 valence electrons. The summed E-state index contributed by atoms with van der Waals surface area (Å²) >= 11 is 6.03. The molecule has 0 fully saturated rings. The van der Waals surface area contributed by atoms with Crippen LogP contribution in [0.15, 0.2) is 12.4 Å². The van der Waals surface area contributed by atoms with Crippen molar-refractivity contribution in [1.29, 1.82) is 0 Å². The normalized spacial score (nSPS) is 15.5. The smallest absolute Gasteiger partial charge is 0.332 e. The molecule has 1 atom stereocenters. The largest absolute Gasteiger partial charge is 0.449 e. The minimum absolute atomic E-state index is 0.0104. The number of halogens is 4. The van der Waals surface area contributed by atoms with E-state index >= 15 is 0 Å². The first-order chi connectivity index (χ1) is 14.7. The third-order valence-corrected chi connectivity index (χ3v) is 4.99. The first kappa shape index (κ1) is 24.6. The average Bonchev–Trinajstić information content (AvgIpc) is 3.38. The lowest BCUT2D eigenvalue weighted by Gasteiger charge is -2.33. The molecule has 0 aromatic carbocycles. The first-order valence-electron chi connectivity index (χ1n) is 10.1. The summed E-state index contributed by atoms with van der Waals surface area (Å²) in [7, 11) is 0. The van der Waals surface area contributed by atoms with Crippen LogP contribution in [0.3, 0.4) is 0 Å². The molecule has 31 heavy (non-hydrogen) atoms. The van der Waals surface area contributed by atoms with E-state index in [9.17, 15) is 18.0 Å². The minimum atomic E-state index is -4.54. The number of rotatable bonds is 1. The highest BCUT2D eigenvalue weighted by atomic mass is 35.5. The lowest BCUT2D eigenvalue weighted by atomic mass is 10.2. The lowest BCUT2D eigenvalue weighted by Crippen LogP contribution is -2.41. The van der Waals surface area contributed by atoms with Crippen LogP contribution in [0.4, 0.5) is 13.2 Å². The fourth-order valence-corrected chi connectivity index (χ4v) is 3.48. The van der Waals surface area contributed by atoms with E-state index in [0.29, 0.717) is 27.4 Å². The summed E-state index contributed by atoms with van der Waals surface area (Å²) in [6.07, 6.45) is -1.93. The summed E-state index contributed by atoms with van der Waals surface area (Å²) in [5, 5.41) is 0.445. The van der Waals surface area contributed by atoms with Gasteiger partial charge in [0.1, 0.15) is 0 Å². The van der Waals surface area contributed by atoms with Gasteiger partial charge >= 0.3 is 6.18 Å². The van der Waals surface area contributed by atoms with E-state index in [1.807, 2.05) is 27.7 Å². The highest BCUT2D eigenvalue weighted by Gasteiger charge is 2.40. The zero-order valence-electron chi connectivity index (χ0n) is 18.3. The van der Waals surface area contributed by atoms with Crippen molar-refractivity contribution in [2.45, 2.75) is 60.3 Å². The maximum atomic E-state index is 13.1. The van der Waals surface area contributed by atoms with Gasteiger partial charge in [-0.15, -0.1) is 0 Å². The van der Waals surface area contributed by atoms with Gasteiger partial charge in [-0.2, -0.15) is 13.2 Å². The minimum Gasteiger partial charge on any atom is -0.332 e. The van der Waals surface area contributed by atoms with Crippen molar-refractivity contribution in [2.24, 2.45) is 0 Å². The molecule has 0 spiro atoms. The van der Waals surface area contributed by atoms with Crippen molar-refractivity contribution in [1.82, 2.24) is 29.4 Å². The highest BCUT2D eigenvalue weighted by molar-refractivity contribution is 6.31. The fourth-order valence-electron chi connectivity index (χ4n) is 3.33. The Kier molecular flexibility index (Phi) is 7.69. The molecule has 1 unspecified atom stereocenters. The number of aryl methyl sites for hydroxylation is 1. The number of nitrogens with one attached hydrogen (secondary N) is 1. The Hall–Kier alpha value is -2.62. The number of aromatic amines is 1. The van der Waals surface area contributed by atoms with Crippen LogP contribution >= 0.6 is 11.6 Å². The van der Waals surface area contributed by atoms with Crippen LogP contribution in [-0.2, 0) is 12.7 Å². The van der Waals surface area contributed by atoms with Crippen LogP contribution in [-0.4, -0.2) is 41.9 Å². The molecular weight excluding hydrogens is 433 g/mol. The molecule has 1 N–H and O–H groups in total. The number of amides is 1. The second kappa shape index (κ2) is 9.67. The number of alkyl halides is 3. The van der Waals surface area contributed by atoms with E-state index in [4.69, 9.17) is 11.6 Å². The van der Waals surface area contributed by atoms with Gasteiger partial charge < -0.3 is 14.5 Å². The number of fused-ring (bicyclic) bond motifs is 2. The third kappa shape index (κ3) is 4.68. The van der Waals surface area contributed by atoms with Gasteiger partial charge in [0.15, 0.2) is 11.5 Å². The summed E-state index contributed by atoms with van der Waals surface area (Å²) in [6.45, 7) is 11.5. The maximum absolute atomic E-state index is 13.1. The molecule has 1 aliphatic rings.